The van der Waals surface area contributed by atoms with Gasteiger partial charge >= 0.3 is 6.09 Å². The molecule has 1 aliphatic heterocycles. The number of benzene rings is 1. The first-order chi connectivity index (χ1) is 7.69. The van der Waals surface area contributed by atoms with Gasteiger partial charge in [0.25, 0.3) is 5.91 Å². The van der Waals surface area contributed by atoms with Crippen LogP contribution in [0.1, 0.15) is 5.56 Å². The van der Waals surface area contributed by atoms with Crippen molar-refractivity contribution in [2.45, 2.75) is 0 Å². The maximum atomic E-state index is 11.2. The van der Waals surface area contributed by atoms with Crippen LogP contribution in [0.3, 0.4) is 0 Å². The molecule has 0 bridgehead atoms. The van der Waals surface area contributed by atoms with Gasteiger partial charge in [0.15, 0.2) is 5.76 Å². The summed E-state index contributed by atoms with van der Waals surface area (Å²) in [5.41, 5.74) is 0.721. The van der Waals surface area contributed by atoms with E-state index in [2.05, 4.69) is 4.74 Å². The Bertz CT molecular complexity index is 479. The largest absolute Gasteiger partial charge is 0.497 e. The third kappa shape index (κ3) is 2.03. The van der Waals surface area contributed by atoms with Crippen LogP contribution in [0.5, 0.6) is 5.75 Å². The van der Waals surface area contributed by atoms with E-state index in [0.29, 0.717) is 5.75 Å². The van der Waals surface area contributed by atoms with Gasteiger partial charge in [-0.15, -0.1) is 0 Å². The first kappa shape index (κ1) is 10.2. The van der Waals surface area contributed by atoms with Crippen molar-refractivity contribution < 1.29 is 19.1 Å². The minimum atomic E-state index is -0.751. The molecule has 0 radical (unpaired) electrons. The van der Waals surface area contributed by atoms with E-state index < -0.39 is 12.0 Å². The van der Waals surface area contributed by atoms with Crippen molar-refractivity contribution >= 4 is 18.1 Å². The maximum absolute atomic E-state index is 11.2. The summed E-state index contributed by atoms with van der Waals surface area (Å²) in [6.07, 6.45) is 0.724. The fourth-order valence-electron chi connectivity index (χ4n) is 1.30. The smallest absolute Gasteiger partial charge is 0.419 e. The van der Waals surface area contributed by atoms with Crippen LogP contribution in [0, 0.1) is 0 Å². The van der Waals surface area contributed by atoms with E-state index in [4.69, 9.17) is 4.74 Å². The molecule has 5 nitrogen and oxygen atoms in total. The van der Waals surface area contributed by atoms with Gasteiger partial charge in [0.2, 0.25) is 0 Å². The first-order valence-corrected chi connectivity index (χ1v) is 4.58. The Balaban J connectivity index is 2.28. The standard InChI is InChI=1S/C11H9NO4/c1-15-8-4-2-3-7(5-8)6-9-10(13)12-11(14)16-9/h2-6H,1H3,(H,12,13,14). The van der Waals surface area contributed by atoms with Crippen molar-refractivity contribution in [3.63, 3.8) is 0 Å². The van der Waals surface area contributed by atoms with E-state index in [-0.39, 0.29) is 5.76 Å². The van der Waals surface area contributed by atoms with Gasteiger partial charge in [0.1, 0.15) is 5.75 Å². The van der Waals surface area contributed by atoms with Gasteiger partial charge in [0.05, 0.1) is 7.11 Å². The van der Waals surface area contributed by atoms with Crippen LogP contribution in [0.25, 0.3) is 6.08 Å². The summed E-state index contributed by atoms with van der Waals surface area (Å²) in [5.74, 6) is 0.116. The van der Waals surface area contributed by atoms with Gasteiger partial charge in [-0.25, -0.2) is 4.79 Å². The lowest BCUT2D eigenvalue weighted by Gasteiger charge is -2.00. The molecule has 1 saturated heterocycles. The number of nitrogens with one attached hydrogen (secondary N) is 1. The fourth-order valence-corrected chi connectivity index (χ4v) is 1.30. The molecule has 0 spiro atoms. The first-order valence-electron chi connectivity index (χ1n) is 4.58. The molecule has 82 valence electrons. The maximum Gasteiger partial charge on any atom is 0.419 e. The normalized spacial score (nSPS) is 17.2. The van der Waals surface area contributed by atoms with E-state index in [1.165, 1.54) is 6.08 Å². The van der Waals surface area contributed by atoms with Crippen LogP contribution in [0.4, 0.5) is 4.79 Å². The number of hydrogen-bond acceptors (Lipinski definition) is 4. The highest BCUT2D eigenvalue weighted by atomic mass is 16.6. The molecular weight excluding hydrogens is 210 g/mol. The van der Waals surface area contributed by atoms with Gasteiger partial charge in [-0.2, -0.15) is 0 Å². The topological polar surface area (TPSA) is 64.6 Å². The zero-order chi connectivity index (χ0) is 11.5. The van der Waals surface area contributed by atoms with E-state index in [0.717, 1.165) is 5.56 Å². The number of hydrogen-bond donors (Lipinski definition) is 1. The monoisotopic (exact) mass is 219 g/mol. The number of carbonyl (C=O) groups excluding carboxylic acids is 2. The number of rotatable bonds is 2. The number of imide groups is 1. The molecule has 16 heavy (non-hydrogen) atoms. The quantitative estimate of drug-likeness (QED) is 0.761. The van der Waals surface area contributed by atoms with E-state index >= 15 is 0 Å². The molecule has 2 amide bonds. The number of alkyl carbamates (subject to hydrolysis) is 1. The summed E-state index contributed by atoms with van der Waals surface area (Å²) in [6, 6.07) is 7.06. The molecule has 1 aliphatic rings. The van der Waals surface area contributed by atoms with Crippen LogP contribution in [-0.4, -0.2) is 19.1 Å². The van der Waals surface area contributed by atoms with Gasteiger partial charge < -0.3 is 9.47 Å². The lowest BCUT2D eigenvalue weighted by Crippen LogP contribution is -2.18. The van der Waals surface area contributed by atoms with Crippen molar-refractivity contribution in [3.05, 3.63) is 35.6 Å². The number of methoxy groups -OCH3 is 1. The molecular formula is C11H9NO4. The van der Waals surface area contributed by atoms with Crippen molar-refractivity contribution in [2.24, 2.45) is 0 Å². The van der Waals surface area contributed by atoms with Crippen LogP contribution in [-0.2, 0) is 9.53 Å². The second-order valence-electron chi connectivity index (χ2n) is 3.13. The van der Waals surface area contributed by atoms with Gasteiger partial charge in [0, 0.05) is 0 Å². The molecule has 0 unspecified atom stereocenters. The zero-order valence-corrected chi connectivity index (χ0v) is 8.52. The number of cyclic esters (lactones) is 1. The van der Waals surface area contributed by atoms with Crippen LogP contribution in [0.2, 0.25) is 0 Å². The Kier molecular flexibility index (Phi) is 2.59. The van der Waals surface area contributed by atoms with Crippen molar-refractivity contribution in [1.29, 1.82) is 0 Å². The molecule has 0 atom stereocenters. The second-order valence-corrected chi connectivity index (χ2v) is 3.13. The average Bonchev–Trinajstić information content (AvgIpc) is 2.58. The molecule has 1 heterocycles. The highest BCUT2D eigenvalue weighted by Crippen LogP contribution is 2.17. The number of amides is 2. The number of carbonyl (C=O) groups is 2. The summed E-state index contributed by atoms with van der Waals surface area (Å²) in [6.45, 7) is 0. The third-order valence-corrected chi connectivity index (χ3v) is 2.03. The summed E-state index contributed by atoms with van der Waals surface area (Å²) < 4.78 is 9.70. The highest BCUT2D eigenvalue weighted by molar-refractivity contribution is 6.09. The minimum absolute atomic E-state index is 0.0155. The van der Waals surface area contributed by atoms with Crippen molar-refractivity contribution in [1.82, 2.24) is 5.32 Å². The van der Waals surface area contributed by atoms with Crippen LogP contribution >= 0.6 is 0 Å². The molecule has 1 aromatic rings. The second kappa shape index (κ2) is 4.06. The van der Waals surface area contributed by atoms with Crippen molar-refractivity contribution in [3.8, 4) is 5.75 Å². The Morgan fingerprint density at radius 3 is 2.81 bits per heavy atom. The van der Waals surface area contributed by atoms with Crippen LogP contribution < -0.4 is 10.1 Å². The lowest BCUT2D eigenvalue weighted by atomic mass is 10.2. The summed E-state index contributed by atoms with van der Waals surface area (Å²) in [7, 11) is 1.55. The van der Waals surface area contributed by atoms with Gasteiger partial charge in [-0.1, -0.05) is 12.1 Å². The lowest BCUT2D eigenvalue weighted by molar-refractivity contribution is -0.116. The third-order valence-electron chi connectivity index (χ3n) is 2.03. The summed E-state index contributed by atoms with van der Waals surface area (Å²) in [5, 5.41) is 2.02. The van der Waals surface area contributed by atoms with Gasteiger partial charge in [-0.3, -0.25) is 10.1 Å². The molecule has 2 rings (SSSR count). The number of ether oxygens (including phenoxy) is 2. The molecule has 0 aromatic heterocycles. The SMILES string of the molecule is COc1cccc(C=C2OC(=O)NC2=O)c1. The Labute approximate surface area is 91.7 Å². The highest BCUT2D eigenvalue weighted by Gasteiger charge is 2.25. The molecule has 1 N–H and O–H groups in total. The molecule has 0 aliphatic carbocycles. The van der Waals surface area contributed by atoms with E-state index in [9.17, 15) is 9.59 Å². The summed E-state index contributed by atoms with van der Waals surface area (Å²) in [4.78, 5) is 21.9. The molecule has 0 saturated carbocycles. The molecule has 1 aromatic carbocycles. The van der Waals surface area contributed by atoms with Crippen LogP contribution in [0.15, 0.2) is 30.0 Å². The Morgan fingerprint density at radius 1 is 1.38 bits per heavy atom. The van der Waals surface area contributed by atoms with Gasteiger partial charge in [-0.05, 0) is 23.8 Å². The zero-order valence-electron chi connectivity index (χ0n) is 8.52. The van der Waals surface area contributed by atoms with E-state index in [1.807, 2.05) is 5.32 Å². The summed E-state index contributed by atoms with van der Waals surface area (Å²) >= 11 is 0. The minimum Gasteiger partial charge on any atom is -0.497 e. The predicted molar refractivity (Wildman–Crippen MR) is 55.6 cm³/mol. The Hall–Kier alpha value is -2.30. The fraction of sp³-hybridized carbons (Fsp3) is 0.0909. The van der Waals surface area contributed by atoms with E-state index in [1.54, 1.807) is 31.4 Å². The van der Waals surface area contributed by atoms with Crippen molar-refractivity contribution in [2.75, 3.05) is 7.11 Å². The molecule has 5 heteroatoms. The Morgan fingerprint density at radius 2 is 2.19 bits per heavy atom. The molecule has 1 fully saturated rings. The average molecular weight is 219 g/mol. The predicted octanol–water partition coefficient (Wildman–Crippen LogP) is 1.30.